The van der Waals surface area contributed by atoms with Crippen molar-refractivity contribution in [2.45, 2.75) is 52.0 Å². The third kappa shape index (κ3) is 4.10. The maximum absolute atomic E-state index is 13.8. The van der Waals surface area contributed by atoms with E-state index in [9.17, 15) is 4.39 Å². The molecule has 0 aliphatic heterocycles. The van der Waals surface area contributed by atoms with Crippen molar-refractivity contribution in [2.24, 2.45) is 0 Å². The van der Waals surface area contributed by atoms with Crippen molar-refractivity contribution >= 4 is 11.0 Å². The van der Waals surface area contributed by atoms with Gasteiger partial charge in [-0.25, -0.2) is 9.37 Å². The number of hydrogen-bond acceptors (Lipinski definition) is 4. The molecule has 0 spiro atoms. The van der Waals surface area contributed by atoms with E-state index in [1.54, 1.807) is 19.2 Å². The Labute approximate surface area is 215 Å². The maximum atomic E-state index is 13.8. The molecule has 0 N–H and O–H groups in total. The SMILES string of the molecule is COc1cccc(-c2nc3cc(-c4c(C)noc4C)ccc3n2C2CCCCC2)c1-c1ccc(F)cc1. The summed E-state index contributed by atoms with van der Waals surface area (Å²) in [6.45, 7) is 3.91. The van der Waals surface area contributed by atoms with Crippen molar-refractivity contribution in [3.05, 3.63) is 77.9 Å². The molecule has 0 amide bonds. The van der Waals surface area contributed by atoms with Crippen molar-refractivity contribution in [1.29, 1.82) is 0 Å². The van der Waals surface area contributed by atoms with Crippen molar-refractivity contribution in [2.75, 3.05) is 7.11 Å². The van der Waals surface area contributed by atoms with E-state index in [0.717, 1.165) is 74.7 Å². The maximum Gasteiger partial charge on any atom is 0.142 e. The lowest BCUT2D eigenvalue weighted by Gasteiger charge is -2.26. The smallest absolute Gasteiger partial charge is 0.142 e. The number of nitrogens with zero attached hydrogens (tertiary/aromatic N) is 3. The molecule has 0 saturated heterocycles. The van der Waals surface area contributed by atoms with Crippen LogP contribution >= 0.6 is 0 Å². The first-order valence-corrected chi connectivity index (χ1v) is 12.9. The van der Waals surface area contributed by atoms with E-state index in [-0.39, 0.29) is 5.82 Å². The largest absolute Gasteiger partial charge is 0.496 e. The lowest BCUT2D eigenvalue weighted by atomic mass is 9.93. The summed E-state index contributed by atoms with van der Waals surface area (Å²) >= 11 is 0. The quantitative estimate of drug-likeness (QED) is 0.246. The molecule has 0 atom stereocenters. The second kappa shape index (κ2) is 9.51. The molecule has 1 saturated carbocycles. The number of ether oxygens (including phenoxy) is 1. The summed E-state index contributed by atoms with van der Waals surface area (Å²) in [5.41, 5.74) is 7.78. The molecule has 1 fully saturated rings. The fourth-order valence-corrected chi connectivity index (χ4v) is 5.85. The van der Waals surface area contributed by atoms with Crippen LogP contribution in [-0.2, 0) is 0 Å². The number of rotatable bonds is 5. The molecule has 37 heavy (non-hydrogen) atoms. The van der Waals surface area contributed by atoms with Gasteiger partial charge < -0.3 is 13.8 Å². The van der Waals surface area contributed by atoms with Gasteiger partial charge in [-0.05, 0) is 68.1 Å². The van der Waals surface area contributed by atoms with Crippen LogP contribution in [0.25, 0.3) is 44.7 Å². The minimum Gasteiger partial charge on any atom is -0.496 e. The van der Waals surface area contributed by atoms with E-state index in [4.69, 9.17) is 14.2 Å². The highest BCUT2D eigenvalue weighted by Crippen LogP contribution is 2.43. The van der Waals surface area contributed by atoms with Crippen LogP contribution in [0.3, 0.4) is 0 Å². The monoisotopic (exact) mass is 495 g/mol. The second-order valence-electron chi connectivity index (χ2n) is 9.89. The second-order valence-corrected chi connectivity index (χ2v) is 9.89. The van der Waals surface area contributed by atoms with Gasteiger partial charge in [0.05, 0.1) is 23.8 Å². The van der Waals surface area contributed by atoms with Gasteiger partial charge in [0.1, 0.15) is 23.2 Å². The minimum absolute atomic E-state index is 0.263. The molecule has 3 aromatic carbocycles. The van der Waals surface area contributed by atoms with Crippen molar-refractivity contribution in [1.82, 2.24) is 14.7 Å². The van der Waals surface area contributed by atoms with E-state index >= 15 is 0 Å². The molecule has 188 valence electrons. The first-order valence-electron chi connectivity index (χ1n) is 12.9. The first-order chi connectivity index (χ1) is 18.0. The predicted molar refractivity (Wildman–Crippen MR) is 144 cm³/mol. The Balaban J connectivity index is 1.61. The van der Waals surface area contributed by atoms with E-state index in [2.05, 4.69) is 34.0 Å². The highest BCUT2D eigenvalue weighted by atomic mass is 19.1. The molecular formula is C31H30FN3O2. The van der Waals surface area contributed by atoms with Gasteiger partial charge in [0, 0.05) is 22.7 Å². The van der Waals surface area contributed by atoms with Crippen LogP contribution in [0, 0.1) is 19.7 Å². The number of halogens is 1. The topological polar surface area (TPSA) is 53.1 Å². The van der Waals surface area contributed by atoms with Gasteiger partial charge in [-0.1, -0.05) is 54.8 Å². The Morgan fingerprint density at radius 3 is 2.38 bits per heavy atom. The van der Waals surface area contributed by atoms with Crippen LogP contribution in [0.5, 0.6) is 5.75 Å². The van der Waals surface area contributed by atoms with E-state index in [1.807, 2.05) is 26.0 Å². The van der Waals surface area contributed by atoms with Gasteiger partial charge >= 0.3 is 0 Å². The van der Waals surface area contributed by atoms with E-state index in [1.165, 1.54) is 31.4 Å². The number of benzene rings is 3. The molecule has 5 aromatic rings. The van der Waals surface area contributed by atoms with Crippen molar-refractivity contribution in [3.8, 4) is 39.4 Å². The van der Waals surface area contributed by atoms with Crippen LogP contribution in [0.1, 0.15) is 49.6 Å². The Hall–Kier alpha value is -3.93. The molecule has 6 heteroatoms. The average molecular weight is 496 g/mol. The summed E-state index contributed by atoms with van der Waals surface area (Å²) in [4.78, 5) is 5.25. The molecule has 2 aromatic heterocycles. The number of methoxy groups -OCH3 is 1. The summed E-state index contributed by atoms with van der Waals surface area (Å²) in [5, 5.41) is 4.15. The Kier molecular flexibility index (Phi) is 6.03. The molecule has 6 rings (SSSR count). The lowest BCUT2D eigenvalue weighted by molar-refractivity contribution is 0.362. The van der Waals surface area contributed by atoms with Crippen LogP contribution in [0.4, 0.5) is 4.39 Å². The van der Waals surface area contributed by atoms with Crippen LogP contribution < -0.4 is 4.74 Å². The molecule has 0 bridgehead atoms. The summed E-state index contributed by atoms with van der Waals surface area (Å²) in [6.07, 6.45) is 5.95. The third-order valence-electron chi connectivity index (χ3n) is 7.57. The highest BCUT2D eigenvalue weighted by Gasteiger charge is 2.26. The summed E-state index contributed by atoms with van der Waals surface area (Å²) < 4.78 is 27.5. The summed E-state index contributed by atoms with van der Waals surface area (Å²) in [6, 6.07) is 19.5. The van der Waals surface area contributed by atoms with Crippen LogP contribution in [-0.4, -0.2) is 21.8 Å². The first kappa shape index (κ1) is 23.5. The van der Waals surface area contributed by atoms with Crippen LogP contribution in [0.2, 0.25) is 0 Å². The number of fused-ring (bicyclic) bond motifs is 1. The Bertz CT molecular complexity index is 1560. The van der Waals surface area contributed by atoms with E-state index < -0.39 is 0 Å². The summed E-state index contributed by atoms with van der Waals surface area (Å²) in [7, 11) is 1.67. The zero-order chi connectivity index (χ0) is 25.5. The highest BCUT2D eigenvalue weighted by molar-refractivity contribution is 5.91. The molecule has 0 radical (unpaired) electrons. The van der Waals surface area contributed by atoms with Gasteiger partial charge in [-0.15, -0.1) is 0 Å². The normalized spacial score (nSPS) is 14.4. The Morgan fingerprint density at radius 2 is 1.68 bits per heavy atom. The number of aryl methyl sites for hydroxylation is 2. The summed E-state index contributed by atoms with van der Waals surface area (Å²) in [5.74, 6) is 2.19. The average Bonchev–Trinajstić information content (AvgIpc) is 3.47. The molecule has 1 aliphatic rings. The minimum atomic E-state index is -0.263. The third-order valence-corrected chi connectivity index (χ3v) is 7.57. The van der Waals surface area contributed by atoms with Gasteiger partial charge in [0.25, 0.3) is 0 Å². The molecule has 2 heterocycles. The van der Waals surface area contributed by atoms with Crippen molar-refractivity contribution < 1.29 is 13.7 Å². The van der Waals surface area contributed by atoms with Gasteiger partial charge in [-0.2, -0.15) is 0 Å². The van der Waals surface area contributed by atoms with Gasteiger partial charge in [0.2, 0.25) is 0 Å². The molecule has 0 unspecified atom stereocenters. The predicted octanol–water partition coefficient (Wildman–Crippen LogP) is 8.30. The Morgan fingerprint density at radius 1 is 0.919 bits per heavy atom. The van der Waals surface area contributed by atoms with Gasteiger partial charge in [-0.3, -0.25) is 0 Å². The lowest BCUT2D eigenvalue weighted by Crippen LogP contribution is -2.14. The number of aromatic nitrogens is 3. The number of imidazole rings is 1. The van der Waals surface area contributed by atoms with Gasteiger partial charge in [0.15, 0.2) is 0 Å². The molecular weight excluding hydrogens is 465 g/mol. The van der Waals surface area contributed by atoms with Crippen LogP contribution in [0.15, 0.2) is 65.2 Å². The molecule has 1 aliphatic carbocycles. The zero-order valence-electron chi connectivity index (χ0n) is 21.4. The fraction of sp³-hybridized carbons (Fsp3) is 0.290. The van der Waals surface area contributed by atoms with E-state index in [0.29, 0.717) is 6.04 Å². The standard InChI is InChI=1S/C31H30FN3O2/c1-19-29(20(2)37-34-19)22-14-17-27-26(18-22)33-31(35(27)24-8-5-4-6-9-24)25-10-7-11-28(36-3)30(25)21-12-15-23(32)16-13-21/h7,10-18,24H,4-6,8-9H2,1-3H3. The zero-order valence-corrected chi connectivity index (χ0v) is 21.4. The number of hydrogen-bond donors (Lipinski definition) is 0. The van der Waals surface area contributed by atoms with Crippen molar-refractivity contribution in [3.63, 3.8) is 0 Å². The fourth-order valence-electron chi connectivity index (χ4n) is 5.85. The molecule has 5 nitrogen and oxygen atoms in total.